The third-order valence-corrected chi connectivity index (χ3v) is 7.38. The number of carbonyl (C=O) groups excluding carboxylic acids is 1. The van der Waals surface area contributed by atoms with Gasteiger partial charge in [0.15, 0.2) is 0 Å². The zero-order chi connectivity index (χ0) is 24.1. The average molecular weight is 495 g/mol. The molecule has 0 saturated carbocycles. The van der Waals surface area contributed by atoms with Crippen LogP contribution >= 0.6 is 11.8 Å². The molecule has 2 aliphatic heterocycles. The van der Waals surface area contributed by atoms with Gasteiger partial charge >= 0.3 is 12.1 Å². The first-order chi connectivity index (χ1) is 16.3. The van der Waals surface area contributed by atoms with E-state index < -0.39 is 17.8 Å². The van der Waals surface area contributed by atoms with Gasteiger partial charge in [0.05, 0.1) is 18.6 Å². The van der Waals surface area contributed by atoms with Gasteiger partial charge in [-0.25, -0.2) is 14.8 Å². The van der Waals surface area contributed by atoms with Crippen molar-refractivity contribution in [2.45, 2.75) is 68.1 Å². The molecule has 4 rings (SSSR count). The summed E-state index contributed by atoms with van der Waals surface area (Å²) in [6.45, 7) is 4.45. The molecule has 3 heterocycles. The van der Waals surface area contributed by atoms with E-state index in [1.165, 1.54) is 18.1 Å². The lowest BCUT2D eigenvalue weighted by Gasteiger charge is -2.24. The van der Waals surface area contributed by atoms with Crippen molar-refractivity contribution in [1.29, 1.82) is 0 Å². The topological polar surface area (TPSA) is 67.3 Å². The maximum Gasteiger partial charge on any atom is 0.390 e. The molecule has 1 aromatic carbocycles. The number of thioether (sulfide) groups is 1. The number of aromatic nitrogens is 2. The van der Waals surface area contributed by atoms with E-state index in [2.05, 4.69) is 20.2 Å². The van der Waals surface area contributed by atoms with Crippen LogP contribution in [0.25, 0.3) is 0 Å². The van der Waals surface area contributed by atoms with Crippen LogP contribution in [0.5, 0.6) is 0 Å². The maximum absolute atomic E-state index is 12.9. The standard InChI is InChI=1S/C24H29F3N4O2S/c1-2-33-23(32)17-7-5-16(6-8-17)14-28-18-4-3-10-31(11-9-18)21-20-12-19(13-24(25,26)27)34-22(20)30-15-29-21/h5-8,15,18-19,28H,2-4,9-14H2,1H3. The molecule has 184 valence electrons. The van der Waals surface area contributed by atoms with Crippen LogP contribution < -0.4 is 10.2 Å². The molecular formula is C24H29F3N4O2S. The molecule has 10 heteroatoms. The molecule has 1 saturated heterocycles. The number of hydrogen-bond donors (Lipinski definition) is 1. The highest BCUT2D eigenvalue weighted by Crippen LogP contribution is 2.43. The average Bonchev–Trinajstić information content (AvgIpc) is 3.05. The zero-order valence-corrected chi connectivity index (χ0v) is 19.9. The maximum atomic E-state index is 12.9. The Bertz CT molecular complexity index is 987. The molecule has 34 heavy (non-hydrogen) atoms. The number of anilines is 1. The number of carbonyl (C=O) groups is 1. The van der Waals surface area contributed by atoms with Gasteiger partial charge in [0, 0.05) is 36.5 Å². The molecule has 1 N–H and O–H groups in total. The van der Waals surface area contributed by atoms with Gasteiger partial charge in [0.2, 0.25) is 0 Å². The number of esters is 1. The van der Waals surface area contributed by atoms with Crippen LogP contribution in [0.2, 0.25) is 0 Å². The predicted molar refractivity (Wildman–Crippen MR) is 125 cm³/mol. The minimum Gasteiger partial charge on any atom is -0.462 e. The molecule has 0 amide bonds. The summed E-state index contributed by atoms with van der Waals surface area (Å²) >= 11 is 1.22. The zero-order valence-electron chi connectivity index (χ0n) is 19.1. The Morgan fingerprint density at radius 1 is 1.21 bits per heavy atom. The van der Waals surface area contributed by atoms with Crippen molar-refractivity contribution in [2.75, 3.05) is 24.6 Å². The minimum absolute atomic E-state index is 0.315. The molecule has 2 atom stereocenters. The summed E-state index contributed by atoms with van der Waals surface area (Å²) in [7, 11) is 0. The number of hydrogen-bond acceptors (Lipinski definition) is 7. The molecule has 2 aromatic rings. The summed E-state index contributed by atoms with van der Waals surface area (Å²) < 4.78 is 43.6. The SMILES string of the molecule is CCOC(=O)c1ccc(CNC2CCCN(c3ncnc4c3CC(CC(F)(F)F)S4)CC2)cc1. The van der Waals surface area contributed by atoms with E-state index in [1.54, 1.807) is 19.1 Å². The lowest BCUT2D eigenvalue weighted by atomic mass is 10.1. The second-order valence-corrected chi connectivity index (χ2v) is 9.95. The Morgan fingerprint density at radius 3 is 2.74 bits per heavy atom. The molecule has 0 bridgehead atoms. The smallest absolute Gasteiger partial charge is 0.390 e. The van der Waals surface area contributed by atoms with Gasteiger partial charge in [-0.1, -0.05) is 12.1 Å². The Labute approximate surface area is 201 Å². The highest BCUT2D eigenvalue weighted by atomic mass is 32.2. The molecule has 6 nitrogen and oxygen atoms in total. The largest absolute Gasteiger partial charge is 0.462 e. The lowest BCUT2D eigenvalue weighted by Crippen LogP contribution is -2.31. The molecular weight excluding hydrogens is 465 g/mol. The van der Waals surface area contributed by atoms with E-state index in [0.29, 0.717) is 36.2 Å². The Kier molecular flexibility index (Phi) is 7.98. The number of halogens is 3. The third-order valence-electron chi connectivity index (χ3n) is 6.14. The van der Waals surface area contributed by atoms with Gasteiger partial charge in [-0.3, -0.25) is 0 Å². The van der Waals surface area contributed by atoms with Crippen LogP contribution in [0.3, 0.4) is 0 Å². The number of nitrogens with one attached hydrogen (secondary N) is 1. The first-order valence-corrected chi connectivity index (χ1v) is 12.5. The van der Waals surface area contributed by atoms with Crippen molar-refractivity contribution in [3.63, 3.8) is 0 Å². The fourth-order valence-electron chi connectivity index (χ4n) is 4.49. The highest BCUT2D eigenvalue weighted by molar-refractivity contribution is 8.00. The Morgan fingerprint density at radius 2 is 2.00 bits per heavy atom. The monoisotopic (exact) mass is 494 g/mol. The number of rotatable bonds is 7. The second-order valence-electron chi connectivity index (χ2n) is 8.66. The van der Waals surface area contributed by atoms with Gasteiger partial charge in [0.1, 0.15) is 17.2 Å². The van der Waals surface area contributed by atoms with Gasteiger partial charge in [0.25, 0.3) is 0 Å². The van der Waals surface area contributed by atoms with Crippen molar-refractivity contribution >= 4 is 23.5 Å². The van der Waals surface area contributed by atoms with Gasteiger partial charge in [-0.2, -0.15) is 13.2 Å². The number of ether oxygens (including phenoxy) is 1. The van der Waals surface area contributed by atoms with Crippen molar-refractivity contribution in [3.8, 4) is 0 Å². The van der Waals surface area contributed by atoms with Crippen molar-refractivity contribution < 1.29 is 22.7 Å². The Balaban J connectivity index is 1.32. The van der Waals surface area contributed by atoms with E-state index >= 15 is 0 Å². The molecule has 1 fully saturated rings. The normalized spacial score (nSPS) is 20.6. The summed E-state index contributed by atoms with van der Waals surface area (Å²) in [4.78, 5) is 22.7. The number of fused-ring (bicyclic) bond motifs is 1. The van der Waals surface area contributed by atoms with Crippen LogP contribution in [0.4, 0.5) is 19.0 Å². The van der Waals surface area contributed by atoms with Gasteiger partial charge in [-0.05, 0) is 50.3 Å². The highest BCUT2D eigenvalue weighted by Gasteiger charge is 2.37. The van der Waals surface area contributed by atoms with Crippen molar-refractivity contribution in [3.05, 3.63) is 47.3 Å². The number of nitrogens with zero attached hydrogens (tertiary/aromatic N) is 3. The quantitative estimate of drug-likeness (QED) is 0.439. The van der Waals surface area contributed by atoms with Crippen LogP contribution in [0.15, 0.2) is 35.6 Å². The van der Waals surface area contributed by atoms with Crippen LogP contribution in [-0.4, -0.2) is 53.1 Å². The van der Waals surface area contributed by atoms with E-state index in [4.69, 9.17) is 4.74 Å². The lowest BCUT2D eigenvalue weighted by molar-refractivity contribution is -0.134. The second kappa shape index (κ2) is 10.9. The molecule has 1 aromatic heterocycles. The van der Waals surface area contributed by atoms with Crippen LogP contribution in [0.1, 0.15) is 54.1 Å². The first kappa shape index (κ1) is 24.8. The number of alkyl halides is 3. The summed E-state index contributed by atoms with van der Waals surface area (Å²) in [5.41, 5.74) is 2.49. The predicted octanol–water partition coefficient (Wildman–Crippen LogP) is 4.77. The van der Waals surface area contributed by atoms with E-state index in [0.717, 1.165) is 49.3 Å². The summed E-state index contributed by atoms with van der Waals surface area (Å²) in [6, 6.07) is 7.76. The van der Waals surface area contributed by atoms with Crippen LogP contribution in [0, 0.1) is 0 Å². The number of benzene rings is 1. The summed E-state index contributed by atoms with van der Waals surface area (Å²) in [5.74, 6) is 0.475. The minimum atomic E-state index is -4.17. The fraction of sp³-hybridized carbons (Fsp3) is 0.542. The molecule has 0 radical (unpaired) electrons. The van der Waals surface area contributed by atoms with Gasteiger partial charge in [-0.15, -0.1) is 11.8 Å². The van der Waals surface area contributed by atoms with E-state index in [9.17, 15) is 18.0 Å². The molecule has 2 unspecified atom stereocenters. The fourth-order valence-corrected chi connectivity index (χ4v) is 5.75. The van der Waals surface area contributed by atoms with E-state index in [-0.39, 0.29) is 5.97 Å². The van der Waals surface area contributed by atoms with Crippen molar-refractivity contribution in [1.82, 2.24) is 15.3 Å². The summed E-state index contributed by atoms with van der Waals surface area (Å²) in [5, 5.41) is 3.76. The van der Waals surface area contributed by atoms with E-state index in [1.807, 2.05) is 12.1 Å². The molecule has 2 aliphatic rings. The Hall–Kier alpha value is -2.33. The van der Waals surface area contributed by atoms with Crippen LogP contribution in [-0.2, 0) is 17.7 Å². The molecule has 0 spiro atoms. The third kappa shape index (κ3) is 6.41. The van der Waals surface area contributed by atoms with Gasteiger partial charge < -0.3 is 15.0 Å². The first-order valence-electron chi connectivity index (χ1n) is 11.6. The summed E-state index contributed by atoms with van der Waals surface area (Å²) in [6.07, 6.45) is -0.256. The van der Waals surface area contributed by atoms with Crippen molar-refractivity contribution in [2.24, 2.45) is 0 Å². The molecule has 0 aliphatic carbocycles.